The molecule has 2 aromatic heterocycles. The summed E-state index contributed by atoms with van der Waals surface area (Å²) in [5.41, 5.74) is 7.01. The SMILES string of the molecule is CC1CCN(c2nc(N)c(Sc3cccc4ncccc34)c(=O)n2C)CC1. The summed E-state index contributed by atoms with van der Waals surface area (Å²) in [7, 11) is 1.77. The third-order valence-electron chi connectivity index (χ3n) is 5.14. The van der Waals surface area contributed by atoms with Gasteiger partial charge in [0.25, 0.3) is 5.56 Å². The van der Waals surface area contributed by atoms with Gasteiger partial charge in [0, 0.05) is 36.6 Å². The van der Waals surface area contributed by atoms with Crippen molar-refractivity contribution in [3.8, 4) is 0 Å². The highest BCUT2D eigenvalue weighted by atomic mass is 32.2. The monoisotopic (exact) mass is 381 g/mol. The topological polar surface area (TPSA) is 77.0 Å². The minimum Gasteiger partial charge on any atom is -0.382 e. The zero-order chi connectivity index (χ0) is 19.0. The predicted octanol–water partition coefficient (Wildman–Crippen LogP) is 3.30. The van der Waals surface area contributed by atoms with Gasteiger partial charge in [-0.1, -0.05) is 30.8 Å². The summed E-state index contributed by atoms with van der Waals surface area (Å²) in [6.07, 6.45) is 3.98. The van der Waals surface area contributed by atoms with Crippen molar-refractivity contribution in [3.05, 3.63) is 46.9 Å². The third-order valence-corrected chi connectivity index (χ3v) is 6.30. The summed E-state index contributed by atoms with van der Waals surface area (Å²) in [5.74, 6) is 1.66. The minimum absolute atomic E-state index is 0.109. The number of nitrogens with zero attached hydrogens (tertiary/aromatic N) is 4. The summed E-state index contributed by atoms with van der Waals surface area (Å²) in [5, 5.41) is 1.00. The Hall–Kier alpha value is -2.54. The number of piperidine rings is 1. The Balaban J connectivity index is 1.72. The molecule has 0 bridgehead atoms. The van der Waals surface area contributed by atoms with Gasteiger partial charge in [0.1, 0.15) is 10.7 Å². The van der Waals surface area contributed by atoms with Crippen LogP contribution in [0.3, 0.4) is 0 Å². The fourth-order valence-corrected chi connectivity index (χ4v) is 4.47. The molecular formula is C20H23N5OS. The lowest BCUT2D eigenvalue weighted by Crippen LogP contribution is -2.38. The molecule has 0 atom stereocenters. The molecule has 3 aromatic rings. The fourth-order valence-electron chi connectivity index (χ4n) is 3.45. The maximum atomic E-state index is 13.0. The molecule has 0 saturated carbocycles. The lowest BCUT2D eigenvalue weighted by molar-refractivity contribution is 0.430. The first-order valence-electron chi connectivity index (χ1n) is 9.17. The molecule has 0 unspecified atom stereocenters. The molecule has 4 rings (SSSR count). The number of fused-ring (bicyclic) bond motifs is 1. The molecule has 0 radical (unpaired) electrons. The molecule has 140 valence electrons. The van der Waals surface area contributed by atoms with Gasteiger partial charge in [-0.3, -0.25) is 14.3 Å². The van der Waals surface area contributed by atoms with E-state index in [4.69, 9.17) is 5.73 Å². The third kappa shape index (κ3) is 3.39. The van der Waals surface area contributed by atoms with E-state index in [1.807, 2.05) is 30.3 Å². The largest absolute Gasteiger partial charge is 0.382 e. The number of nitrogen functional groups attached to an aromatic ring is 1. The van der Waals surface area contributed by atoms with E-state index in [2.05, 4.69) is 21.8 Å². The zero-order valence-corrected chi connectivity index (χ0v) is 16.4. The highest BCUT2D eigenvalue weighted by Crippen LogP contribution is 2.34. The second-order valence-electron chi connectivity index (χ2n) is 7.09. The van der Waals surface area contributed by atoms with Crippen molar-refractivity contribution in [2.75, 3.05) is 23.7 Å². The Morgan fingerprint density at radius 3 is 2.74 bits per heavy atom. The van der Waals surface area contributed by atoms with E-state index in [0.29, 0.717) is 16.8 Å². The molecule has 27 heavy (non-hydrogen) atoms. The van der Waals surface area contributed by atoms with Crippen LogP contribution in [0.15, 0.2) is 51.1 Å². The second-order valence-corrected chi connectivity index (χ2v) is 8.14. The predicted molar refractivity (Wildman–Crippen MR) is 110 cm³/mol. The van der Waals surface area contributed by atoms with E-state index in [9.17, 15) is 4.79 Å². The Morgan fingerprint density at radius 2 is 1.96 bits per heavy atom. The van der Waals surface area contributed by atoms with Gasteiger partial charge in [-0.15, -0.1) is 0 Å². The molecule has 1 fully saturated rings. The number of nitrogens with two attached hydrogens (primary N) is 1. The van der Waals surface area contributed by atoms with Gasteiger partial charge in [0.05, 0.1) is 5.52 Å². The fraction of sp³-hybridized carbons (Fsp3) is 0.350. The molecule has 1 aliphatic rings. The van der Waals surface area contributed by atoms with Crippen molar-refractivity contribution in [1.82, 2.24) is 14.5 Å². The van der Waals surface area contributed by atoms with Crippen LogP contribution in [0, 0.1) is 5.92 Å². The molecule has 1 aliphatic heterocycles. The maximum Gasteiger partial charge on any atom is 0.270 e. The number of hydrogen-bond acceptors (Lipinski definition) is 6. The van der Waals surface area contributed by atoms with Gasteiger partial charge in [-0.05, 0) is 37.0 Å². The molecule has 6 nitrogen and oxygen atoms in total. The first-order valence-corrected chi connectivity index (χ1v) is 9.99. The van der Waals surface area contributed by atoms with Crippen molar-refractivity contribution < 1.29 is 0 Å². The molecular weight excluding hydrogens is 358 g/mol. The molecule has 3 heterocycles. The van der Waals surface area contributed by atoms with Crippen LogP contribution in [0.2, 0.25) is 0 Å². The average molecular weight is 382 g/mol. The normalized spacial score (nSPS) is 15.4. The number of benzene rings is 1. The van der Waals surface area contributed by atoms with Gasteiger partial charge in [0.15, 0.2) is 0 Å². The van der Waals surface area contributed by atoms with Crippen molar-refractivity contribution in [1.29, 1.82) is 0 Å². The lowest BCUT2D eigenvalue weighted by Gasteiger charge is -2.32. The molecule has 7 heteroatoms. The first-order chi connectivity index (χ1) is 13.0. The Bertz CT molecular complexity index is 1030. The van der Waals surface area contributed by atoms with Crippen LogP contribution < -0.4 is 16.2 Å². The van der Waals surface area contributed by atoms with Crippen LogP contribution in [0.5, 0.6) is 0 Å². The van der Waals surface area contributed by atoms with Crippen molar-refractivity contribution >= 4 is 34.4 Å². The van der Waals surface area contributed by atoms with E-state index in [-0.39, 0.29) is 11.4 Å². The van der Waals surface area contributed by atoms with Crippen LogP contribution in [0.25, 0.3) is 10.9 Å². The standard InChI is InChI=1S/C20H23N5OS/c1-13-8-11-25(12-9-13)20-23-18(21)17(19(26)24(20)2)27-16-7-3-6-15-14(16)5-4-10-22-15/h3-7,10,13H,8-9,11-12,21H2,1-2H3. The van der Waals surface area contributed by atoms with Crippen LogP contribution in [-0.4, -0.2) is 27.6 Å². The Labute approximate surface area is 162 Å². The minimum atomic E-state index is -0.109. The molecule has 1 saturated heterocycles. The second kappa shape index (κ2) is 7.23. The summed E-state index contributed by atoms with van der Waals surface area (Å²) < 4.78 is 1.62. The van der Waals surface area contributed by atoms with Crippen molar-refractivity contribution in [3.63, 3.8) is 0 Å². The number of anilines is 2. The van der Waals surface area contributed by atoms with Gasteiger partial charge >= 0.3 is 0 Å². The van der Waals surface area contributed by atoms with Crippen LogP contribution in [-0.2, 0) is 7.05 Å². The molecule has 2 N–H and O–H groups in total. The van der Waals surface area contributed by atoms with Crippen molar-refractivity contribution in [2.24, 2.45) is 13.0 Å². The van der Waals surface area contributed by atoms with E-state index in [1.54, 1.807) is 17.8 Å². The Kier molecular flexibility index (Phi) is 4.78. The summed E-state index contributed by atoms with van der Waals surface area (Å²) >= 11 is 1.36. The molecule has 0 amide bonds. The highest BCUT2D eigenvalue weighted by Gasteiger charge is 2.22. The average Bonchev–Trinajstić information content (AvgIpc) is 2.69. The number of hydrogen-bond donors (Lipinski definition) is 1. The smallest absolute Gasteiger partial charge is 0.270 e. The van der Waals surface area contributed by atoms with Crippen LogP contribution in [0.1, 0.15) is 19.8 Å². The Morgan fingerprint density at radius 1 is 1.19 bits per heavy atom. The van der Waals surface area contributed by atoms with E-state index in [1.165, 1.54) is 11.8 Å². The van der Waals surface area contributed by atoms with Gasteiger partial charge in [0.2, 0.25) is 5.95 Å². The van der Waals surface area contributed by atoms with Gasteiger partial charge in [-0.2, -0.15) is 4.98 Å². The highest BCUT2D eigenvalue weighted by molar-refractivity contribution is 7.99. The van der Waals surface area contributed by atoms with E-state index < -0.39 is 0 Å². The summed E-state index contributed by atoms with van der Waals surface area (Å²) in [6, 6.07) is 9.77. The quantitative estimate of drug-likeness (QED) is 0.750. The molecule has 1 aromatic carbocycles. The first kappa shape index (κ1) is 17.9. The number of pyridine rings is 1. The number of aromatic nitrogens is 3. The number of rotatable bonds is 3. The van der Waals surface area contributed by atoms with Crippen LogP contribution >= 0.6 is 11.8 Å². The van der Waals surface area contributed by atoms with Crippen molar-refractivity contribution in [2.45, 2.75) is 29.6 Å². The zero-order valence-electron chi connectivity index (χ0n) is 15.6. The van der Waals surface area contributed by atoms with Gasteiger partial charge < -0.3 is 10.6 Å². The lowest BCUT2D eigenvalue weighted by atomic mass is 10.00. The van der Waals surface area contributed by atoms with Crippen LogP contribution in [0.4, 0.5) is 11.8 Å². The van der Waals surface area contributed by atoms with E-state index >= 15 is 0 Å². The summed E-state index contributed by atoms with van der Waals surface area (Å²) in [4.78, 5) is 25.6. The summed E-state index contributed by atoms with van der Waals surface area (Å²) in [6.45, 7) is 4.07. The van der Waals surface area contributed by atoms with E-state index in [0.717, 1.165) is 41.7 Å². The van der Waals surface area contributed by atoms with Gasteiger partial charge in [-0.25, -0.2) is 0 Å². The molecule has 0 aliphatic carbocycles. The molecule has 0 spiro atoms. The maximum absolute atomic E-state index is 13.0.